The van der Waals surface area contributed by atoms with Gasteiger partial charge in [-0.05, 0) is 25.7 Å². The van der Waals surface area contributed by atoms with E-state index in [0.717, 1.165) is 12.8 Å². The first-order valence-corrected chi connectivity index (χ1v) is 5.35. The lowest BCUT2D eigenvalue weighted by Gasteiger charge is -2.27. The third-order valence-corrected chi connectivity index (χ3v) is 2.52. The van der Waals surface area contributed by atoms with Gasteiger partial charge in [0.1, 0.15) is 0 Å². The molecule has 0 aliphatic heterocycles. The molecule has 2 N–H and O–H groups in total. The first-order valence-electron chi connectivity index (χ1n) is 5.35. The molecule has 1 atom stereocenters. The summed E-state index contributed by atoms with van der Waals surface area (Å²) in [4.78, 5) is 11.5. The summed E-state index contributed by atoms with van der Waals surface area (Å²) >= 11 is 0. The Morgan fingerprint density at radius 3 is 2.43 bits per heavy atom. The number of hydrogen-bond acceptors (Lipinski definition) is 2. The van der Waals surface area contributed by atoms with Gasteiger partial charge in [-0.3, -0.25) is 4.79 Å². The minimum absolute atomic E-state index is 0.00306. The van der Waals surface area contributed by atoms with Crippen LogP contribution in [0, 0.1) is 5.92 Å². The molecule has 0 aromatic heterocycles. The maximum atomic E-state index is 11.5. The van der Waals surface area contributed by atoms with Gasteiger partial charge < -0.3 is 10.4 Å². The Bertz CT molecular complexity index is 174. The van der Waals surface area contributed by atoms with Crippen LogP contribution < -0.4 is 5.32 Å². The molecule has 84 valence electrons. The van der Waals surface area contributed by atoms with Crippen molar-refractivity contribution in [1.29, 1.82) is 0 Å². The van der Waals surface area contributed by atoms with Crippen LogP contribution in [0.25, 0.3) is 0 Å². The SMILES string of the molecule is CCC(C)(CO)NC(=O)CCC(C)C. The van der Waals surface area contributed by atoms with Gasteiger partial charge in [-0.1, -0.05) is 20.8 Å². The molecule has 0 spiro atoms. The molecule has 0 fully saturated rings. The van der Waals surface area contributed by atoms with Gasteiger partial charge in [-0.15, -0.1) is 0 Å². The highest BCUT2D eigenvalue weighted by molar-refractivity contribution is 5.76. The fraction of sp³-hybridized carbons (Fsp3) is 0.909. The number of aliphatic hydroxyl groups is 1. The van der Waals surface area contributed by atoms with Crippen LogP contribution >= 0.6 is 0 Å². The zero-order valence-electron chi connectivity index (χ0n) is 9.76. The van der Waals surface area contributed by atoms with Crippen molar-refractivity contribution in [3.05, 3.63) is 0 Å². The number of hydrogen-bond donors (Lipinski definition) is 2. The van der Waals surface area contributed by atoms with Crippen LogP contribution in [0.2, 0.25) is 0 Å². The molecule has 0 aliphatic carbocycles. The summed E-state index contributed by atoms with van der Waals surface area (Å²) in [5.74, 6) is 0.583. The second-order valence-electron chi connectivity index (χ2n) is 4.55. The van der Waals surface area contributed by atoms with E-state index < -0.39 is 5.54 Å². The smallest absolute Gasteiger partial charge is 0.220 e. The highest BCUT2D eigenvalue weighted by Crippen LogP contribution is 2.09. The van der Waals surface area contributed by atoms with Crippen molar-refractivity contribution >= 4 is 5.91 Å². The Balaban J connectivity index is 3.92. The number of aliphatic hydroxyl groups excluding tert-OH is 1. The van der Waals surface area contributed by atoms with E-state index >= 15 is 0 Å². The largest absolute Gasteiger partial charge is 0.394 e. The van der Waals surface area contributed by atoms with Crippen molar-refractivity contribution < 1.29 is 9.90 Å². The molecule has 0 saturated carbocycles. The number of rotatable bonds is 6. The van der Waals surface area contributed by atoms with Gasteiger partial charge in [0, 0.05) is 6.42 Å². The monoisotopic (exact) mass is 201 g/mol. The quantitative estimate of drug-likeness (QED) is 0.687. The van der Waals surface area contributed by atoms with E-state index in [4.69, 9.17) is 5.11 Å². The lowest BCUT2D eigenvalue weighted by atomic mass is 9.99. The Morgan fingerprint density at radius 2 is 2.07 bits per heavy atom. The highest BCUT2D eigenvalue weighted by Gasteiger charge is 2.22. The average Bonchev–Trinajstić information content (AvgIpc) is 2.14. The predicted octanol–water partition coefficient (Wildman–Crippen LogP) is 1.70. The summed E-state index contributed by atoms with van der Waals surface area (Å²) in [6.07, 6.45) is 2.20. The van der Waals surface area contributed by atoms with E-state index in [1.165, 1.54) is 0 Å². The standard InChI is InChI=1S/C11H23NO2/c1-5-11(4,8-13)12-10(14)7-6-9(2)3/h9,13H,5-8H2,1-4H3,(H,12,14). The molecule has 0 heterocycles. The van der Waals surface area contributed by atoms with E-state index in [9.17, 15) is 4.79 Å². The molecule has 3 nitrogen and oxygen atoms in total. The molecule has 0 aromatic carbocycles. The van der Waals surface area contributed by atoms with Gasteiger partial charge in [0.15, 0.2) is 0 Å². The number of amides is 1. The van der Waals surface area contributed by atoms with Crippen LogP contribution in [-0.4, -0.2) is 23.2 Å². The van der Waals surface area contributed by atoms with Crippen LogP contribution in [0.5, 0.6) is 0 Å². The van der Waals surface area contributed by atoms with Crippen molar-refractivity contribution in [2.75, 3.05) is 6.61 Å². The lowest BCUT2D eigenvalue weighted by Crippen LogP contribution is -2.48. The van der Waals surface area contributed by atoms with Gasteiger partial charge in [0.2, 0.25) is 5.91 Å². The van der Waals surface area contributed by atoms with Gasteiger partial charge in [-0.25, -0.2) is 0 Å². The summed E-state index contributed by atoms with van der Waals surface area (Å²) in [6.45, 7) is 8.01. The van der Waals surface area contributed by atoms with E-state index in [-0.39, 0.29) is 12.5 Å². The molecule has 0 bridgehead atoms. The maximum absolute atomic E-state index is 11.5. The van der Waals surface area contributed by atoms with Crippen molar-refractivity contribution in [2.24, 2.45) is 5.92 Å². The topological polar surface area (TPSA) is 49.3 Å². The fourth-order valence-electron chi connectivity index (χ4n) is 1.06. The van der Waals surface area contributed by atoms with E-state index in [1.54, 1.807) is 0 Å². The van der Waals surface area contributed by atoms with Crippen LogP contribution in [0.15, 0.2) is 0 Å². The fourth-order valence-corrected chi connectivity index (χ4v) is 1.06. The minimum Gasteiger partial charge on any atom is -0.394 e. The Kier molecular flexibility index (Phi) is 5.77. The summed E-state index contributed by atoms with van der Waals surface area (Å²) in [5, 5.41) is 12.0. The molecule has 1 unspecified atom stereocenters. The molecule has 3 heteroatoms. The van der Waals surface area contributed by atoms with Gasteiger partial charge in [0.05, 0.1) is 12.1 Å². The Hall–Kier alpha value is -0.570. The van der Waals surface area contributed by atoms with Crippen LogP contribution in [0.1, 0.15) is 47.0 Å². The minimum atomic E-state index is -0.450. The maximum Gasteiger partial charge on any atom is 0.220 e. The molecular weight excluding hydrogens is 178 g/mol. The molecular formula is C11H23NO2. The Labute approximate surface area is 86.9 Å². The van der Waals surface area contributed by atoms with Gasteiger partial charge >= 0.3 is 0 Å². The molecule has 0 rings (SSSR count). The first-order chi connectivity index (χ1) is 6.43. The summed E-state index contributed by atoms with van der Waals surface area (Å²) in [7, 11) is 0. The van der Waals surface area contributed by atoms with Crippen LogP contribution in [0.4, 0.5) is 0 Å². The normalized spacial score (nSPS) is 15.3. The second-order valence-corrected chi connectivity index (χ2v) is 4.55. The molecule has 0 radical (unpaired) electrons. The molecule has 14 heavy (non-hydrogen) atoms. The van der Waals surface area contributed by atoms with Crippen molar-refractivity contribution in [1.82, 2.24) is 5.32 Å². The van der Waals surface area contributed by atoms with E-state index in [0.29, 0.717) is 12.3 Å². The average molecular weight is 201 g/mol. The van der Waals surface area contributed by atoms with Crippen molar-refractivity contribution in [3.63, 3.8) is 0 Å². The Morgan fingerprint density at radius 1 is 1.50 bits per heavy atom. The zero-order valence-corrected chi connectivity index (χ0v) is 9.76. The summed E-state index contributed by atoms with van der Waals surface area (Å²) < 4.78 is 0. The van der Waals surface area contributed by atoms with E-state index in [1.807, 2.05) is 13.8 Å². The molecule has 0 aliphatic rings. The molecule has 0 aromatic rings. The third kappa shape index (κ3) is 5.22. The first kappa shape index (κ1) is 13.4. The summed E-state index contributed by atoms with van der Waals surface area (Å²) in [6, 6.07) is 0. The molecule has 0 saturated heterocycles. The number of nitrogens with one attached hydrogen (secondary N) is 1. The van der Waals surface area contributed by atoms with Crippen LogP contribution in [0.3, 0.4) is 0 Å². The number of carbonyl (C=O) groups excluding carboxylic acids is 1. The highest BCUT2D eigenvalue weighted by atomic mass is 16.3. The third-order valence-electron chi connectivity index (χ3n) is 2.52. The zero-order chi connectivity index (χ0) is 11.2. The lowest BCUT2D eigenvalue weighted by molar-refractivity contribution is -0.123. The second kappa shape index (κ2) is 6.02. The van der Waals surface area contributed by atoms with Crippen LogP contribution in [-0.2, 0) is 4.79 Å². The van der Waals surface area contributed by atoms with Crippen molar-refractivity contribution in [3.8, 4) is 0 Å². The number of carbonyl (C=O) groups is 1. The van der Waals surface area contributed by atoms with Crippen molar-refractivity contribution in [2.45, 2.75) is 52.5 Å². The predicted molar refractivity (Wildman–Crippen MR) is 58.0 cm³/mol. The van der Waals surface area contributed by atoms with Gasteiger partial charge in [-0.2, -0.15) is 0 Å². The van der Waals surface area contributed by atoms with Gasteiger partial charge in [0.25, 0.3) is 0 Å². The van der Waals surface area contributed by atoms with E-state index in [2.05, 4.69) is 19.2 Å². The summed E-state index contributed by atoms with van der Waals surface area (Å²) in [5.41, 5.74) is -0.450. The molecule has 1 amide bonds.